The zero-order valence-electron chi connectivity index (χ0n) is 25.7. The van der Waals surface area contributed by atoms with Crippen molar-refractivity contribution in [2.45, 2.75) is 39.2 Å². The monoisotopic (exact) mass is 650 g/mol. The summed E-state index contributed by atoms with van der Waals surface area (Å²) in [5, 5.41) is 9.99. The van der Waals surface area contributed by atoms with E-state index in [9.17, 15) is 28.8 Å². The number of primary amides is 1. The molecule has 2 atom stereocenters. The minimum absolute atomic E-state index is 0.0674. The Labute approximate surface area is 264 Å². The van der Waals surface area contributed by atoms with Crippen molar-refractivity contribution in [3.8, 4) is 0 Å². The van der Waals surface area contributed by atoms with Gasteiger partial charge in [-0.3, -0.25) is 28.8 Å². The first-order valence-corrected chi connectivity index (χ1v) is 15.2. The van der Waals surface area contributed by atoms with Gasteiger partial charge < -0.3 is 51.7 Å². The molecule has 0 saturated heterocycles. The first-order valence-electron chi connectivity index (χ1n) is 14.5. The number of hydrogen-bond acceptors (Lipinski definition) is 12. The van der Waals surface area contributed by atoms with Crippen LogP contribution in [0.25, 0.3) is 0 Å². The van der Waals surface area contributed by atoms with Gasteiger partial charge >= 0.3 is 0 Å². The van der Waals surface area contributed by atoms with Gasteiger partial charge in [-0.2, -0.15) is 12.6 Å². The van der Waals surface area contributed by atoms with Gasteiger partial charge in [-0.25, -0.2) is 0 Å². The van der Waals surface area contributed by atoms with Crippen LogP contribution in [0, 0.1) is 11.8 Å². The highest BCUT2D eigenvalue weighted by atomic mass is 32.1. The lowest BCUT2D eigenvalue weighted by Crippen LogP contribution is -2.51. The minimum Gasteiger partial charge on any atom is -0.379 e. The van der Waals surface area contributed by atoms with E-state index in [1.807, 2.05) is 13.8 Å². The fourth-order valence-electron chi connectivity index (χ4n) is 3.39. The number of ether oxygens (including phenoxy) is 4. The van der Waals surface area contributed by atoms with Crippen LogP contribution in [-0.2, 0) is 47.7 Å². The first kappa shape index (κ1) is 41.2. The van der Waals surface area contributed by atoms with Gasteiger partial charge in [0.05, 0.1) is 78.4 Å². The molecule has 5 amide bonds. The van der Waals surface area contributed by atoms with E-state index in [1.165, 1.54) is 0 Å². The van der Waals surface area contributed by atoms with Crippen LogP contribution in [0.1, 0.15) is 33.1 Å². The van der Waals surface area contributed by atoms with Crippen molar-refractivity contribution >= 4 is 47.9 Å². The molecule has 0 spiro atoms. The third-order valence-electron chi connectivity index (χ3n) is 5.72. The second kappa shape index (κ2) is 26.6. The molecule has 0 aromatic carbocycles. The van der Waals surface area contributed by atoms with E-state index in [0.717, 1.165) is 0 Å². The van der Waals surface area contributed by atoms with Crippen molar-refractivity contribution in [3.05, 3.63) is 0 Å². The van der Waals surface area contributed by atoms with Gasteiger partial charge in [0.2, 0.25) is 29.5 Å². The highest BCUT2D eigenvalue weighted by Gasteiger charge is 2.22. The molecule has 16 nitrogen and oxygen atoms in total. The van der Waals surface area contributed by atoms with Gasteiger partial charge in [-0.1, -0.05) is 13.8 Å². The van der Waals surface area contributed by atoms with E-state index in [-0.39, 0.29) is 75.6 Å². The summed E-state index contributed by atoms with van der Waals surface area (Å²) < 4.78 is 21.6. The summed E-state index contributed by atoms with van der Waals surface area (Å²) in [7, 11) is 0. The number of Topliss-reactive ketones (excluding diaryl/α,β-unsaturated/α-hetero) is 1. The van der Waals surface area contributed by atoms with Crippen LogP contribution in [0.2, 0.25) is 0 Å². The van der Waals surface area contributed by atoms with Crippen molar-refractivity contribution < 1.29 is 47.7 Å². The van der Waals surface area contributed by atoms with Crippen LogP contribution >= 0.6 is 12.6 Å². The zero-order chi connectivity index (χ0) is 33.2. The Hall–Kier alpha value is -2.83. The van der Waals surface area contributed by atoms with E-state index in [2.05, 4.69) is 33.9 Å². The summed E-state index contributed by atoms with van der Waals surface area (Å²) in [6.45, 7) is 5.67. The molecule has 2 unspecified atom stereocenters. The number of carbonyl (C=O) groups is 6. The number of thiol groups is 1. The number of carbonyl (C=O) groups excluding carboxylic acids is 6. The summed E-state index contributed by atoms with van der Waals surface area (Å²) in [6.07, 6.45) is 0.661. The van der Waals surface area contributed by atoms with Crippen molar-refractivity contribution in [3.63, 3.8) is 0 Å². The Kier molecular flexibility index (Phi) is 24.9. The van der Waals surface area contributed by atoms with Crippen LogP contribution in [0.4, 0.5) is 0 Å². The maximum Gasteiger partial charge on any atom is 0.242 e. The Balaban J connectivity index is 3.87. The zero-order valence-corrected chi connectivity index (χ0v) is 26.6. The molecule has 0 bridgehead atoms. The van der Waals surface area contributed by atoms with E-state index in [4.69, 9.17) is 30.4 Å². The third kappa shape index (κ3) is 23.6. The SMILES string of the molecule is CC(C)CC(NC(=O)CNC(=O)CNC(=O)CN)C(=O)NCCOCCOCCOCCOCCC(=O)CC(CS)C(N)=O. The lowest BCUT2D eigenvalue weighted by atomic mass is 10.0. The molecular formula is C27H50N6O10S. The Morgan fingerprint density at radius 1 is 0.727 bits per heavy atom. The van der Waals surface area contributed by atoms with E-state index >= 15 is 0 Å². The van der Waals surface area contributed by atoms with Crippen molar-refractivity contribution in [1.29, 1.82) is 0 Å². The van der Waals surface area contributed by atoms with Crippen LogP contribution in [0.5, 0.6) is 0 Å². The summed E-state index contributed by atoms with van der Waals surface area (Å²) in [6, 6.07) is -0.785. The summed E-state index contributed by atoms with van der Waals surface area (Å²) >= 11 is 4.01. The maximum atomic E-state index is 12.6. The van der Waals surface area contributed by atoms with Crippen molar-refractivity contribution in [1.82, 2.24) is 21.3 Å². The van der Waals surface area contributed by atoms with Gasteiger partial charge in [0.15, 0.2) is 0 Å². The van der Waals surface area contributed by atoms with Crippen molar-refractivity contribution in [2.75, 3.05) is 84.8 Å². The van der Waals surface area contributed by atoms with Gasteiger partial charge in [0, 0.05) is 25.1 Å². The normalized spacial score (nSPS) is 12.3. The van der Waals surface area contributed by atoms with E-state index < -0.39 is 35.6 Å². The quantitative estimate of drug-likeness (QED) is 0.0339. The lowest BCUT2D eigenvalue weighted by molar-refractivity contribution is -0.130. The summed E-state index contributed by atoms with van der Waals surface area (Å²) in [5.74, 6) is -2.80. The standard InChI is InChI=1S/C27H50N6O10S/c1-19(2)13-22(33-25(37)17-32-24(36)16-31-23(35)15-28)27(39)30-4-6-41-8-10-43-12-11-42-9-7-40-5-3-21(34)14-20(18-44)26(29)38/h19-20,22,44H,3-18,28H2,1-2H3,(H2,29,38)(H,30,39)(H,31,35)(H,32,36)(H,33,37). The second-order valence-corrected chi connectivity index (χ2v) is 10.4. The molecule has 0 rings (SSSR count). The predicted octanol–water partition coefficient (Wildman–Crippen LogP) is -2.73. The fourth-order valence-corrected chi connectivity index (χ4v) is 3.70. The number of nitrogens with one attached hydrogen (secondary N) is 4. The smallest absolute Gasteiger partial charge is 0.242 e. The van der Waals surface area contributed by atoms with Crippen LogP contribution in [-0.4, -0.2) is 126 Å². The molecule has 0 heterocycles. The topological polar surface area (TPSA) is 239 Å². The first-order chi connectivity index (χ1) is 21.0. The third-order valence-corrected chi connectivity index (χ3v) is 6.16. The molecule has 17 heteroatoms. The fraction of sp³-hybridized carbons (Fsp3) is 0.778. The number of amides is 5. The molecule has 44 heavy (non-hydrogen) atoms. The Morgan fingerprint density at radius 2 is 1.25 bits per heavy atom. The van der Waals surface area contributed by atoms with Crippen LogP contribution in [0.3, 0.4) is 0 Å². The molecule has 0 aromatic rings. The van der Waals surface area contributed by atoms with E-state index in [0.29, 0.717) is 46.1 Å². The minimum atomic E-state index is -0.785. The lowest BCUT2D eigenvalue weighted by Gasteiger charge is -2.20. The average Bonchev–Trinajstić information content (AvgIpc) is 2.98. The molecule has 0 fully saturated rings. The molecule has 8 N–H and O–H groups in total. The molecule has 0 saturated carbocycles. The molecular weight excluding hydrogens is 600 g/mol. The van der Waals surface area contributed by atoms with Crippen molar-refractivity contribution in [2.24, 2.45) is 23.3 Å². The number of nitrogens with two attached hydrogens (primary N) is 2. The second-order valence-electron chi connectivity index (χ2n) is 10.0. The van der Waals surface area contributed by atoms with E-state index in [1.54, 1.807) is 0 Å². The molecule has 0 aliphatic carbocycles. The Bertz CT molecular complexity index is 880. The highest BCUT2D eigenvalue weighted by Crippen LogP contribution is 2.07. The van der Waals surface area contributed by atoms with Crippen LogP contribution < -0.4 is 32.7 Å². The molecule has 0 aliphatic heterocycles. The average molecular weight is 651 g/mol. The summed E-state index contributed by atoms with van der Waals surface area (Å²) in [4.78, 5) is 70.5. The number of hydrogen-bond donors (Lipinski definition) is 7. The van der Waals surface area contributed by atoms with Gasteiger partial charge in [0.25, 0.3) is 0 Å². The highest BCUT2D eigenvalue weighted by molar-refractivity contribution is 7.80. The molecule has 0 aliphatic rings. The Morgan fingerprint density at radius 3 is 1.77 bits per heavy atom. The largest absolute Gasteiger partial charge is 0.379 e. The number of ketones is 1. The molecule has 0 aromatic heterocycles. The summed E-state index contributed by atoms with van der Waals surface area (Å²) in [5.41, 5.74) is 10.3. The maximum absolute atomic E-state index is 12.6. The van der Waals surface area contributed by atoms with Gasteiger partial charge in [-0.15, -0.1) is 0 Å². The number of rotatable bonds is 28. The van der Waals surface area contributed by atoms with Crippen LogP contribution in [0.15, 0.2) is 0 Å². The van der Waals surface area contributed by atoms with Gasteiger partial charge in [0.1, 0.15) is 11.8 Å². The predicted molar refractivity (Wildman–Crippen MR) is 164 cm³/mol. The molecule has 254 valence electrons. The van der Waals surface area contributed by atoms with Gasteiger partial charge in [-0.05, 0) is 12.3 Å². The molecule has 0 radical (unpaired) electrons.